The molecule has 1 heterocycles. The second-order valence-electron chi connectivity index (χ2n) is 4.17. The summed E-state index contributed by atoms with van der Waals surface area (Å²) in [6, 6.07) is 0. The molecule has 0 aromatic heterocycles. The molecule has 2 N–H and O–H groups in total. The number of rotatable bonds is 6. The summed E-state index contributed by atoms with van der Waals surface area (Å²) in [6.45, 7) is 3.46. The standard InChI is InChI=1S/C11H22N2O3/c1-13(11(14)9-16-7-4-12)8-10-2-5-15-6-3-10/h10H,2-9,12H2,1H3. The van der Waals surface area contributed by atoms with E-state index in [-0.39, 0.29) is 12.5 Å². The van der Waals surface area contributed by atoms with Gasteiger partial charge in [0.1, 0.15) is 6.61 Å². The molecule has 94 valence electrons. The Kier molecular flexibility index (Phi) is 6.37. The fourth-order valence-electron chi connectivity index (χ4n) is 1.77. The molecule has 1 aliphatic heterocycles. The molecule has 0 aliphatic carbocycles. The molecule has 1 amide bonds. The van der Waals surface area contributed by atoms with Crippen LogP contribution in [0.15, 0.2) is 0 Å². The summed E-state index contributed by atoms with van der Waals surface area (Å²) < 4.78 is 10.4. The Bertz CT molecular complexity index is 205. The molecule has 1 saturated heterocycles. The van der Waals surface area contributed by atoms with E-state index in [9.17, 15) is 4.79 Å². The van der Waals surface area contributed by atoms with Gasteiger partial charge in [-0.05, 0) is 18.8 Å². The third kappa shape index (κ3) is 4.92. The molecule has 0 atom stereocenters. The van der Waals surface area contributed by atoms with E-state index in [0.717, 1.165) is 32.6 Å². The molecule has 0 saturated carbocycles. The van der Waals surface area contributed by atoms with Crippen molar-refractivity contribution in [1.29, 1.82) is 0 Å². The Morgan fingerprint density at radius 3 is 2.81 bits per heavy atom. The zero-order chi connectivity index (χ0) is 11.8. The molecule has 0 radical (unpaired) electrons. The molecule has 1 rings (SSSR count). The minimum atomic E-state index is 0.0277. The Labute approximate surface area is 96.9 Å². The van der Waals surface area contributed by atoms with Crippen molar-refractivity contribution in [1.82, 2.24) is 4.90 Å². The number of amides is 1. The SMILES string of the molecule is CN(CC1CCOCC1)C(=O)COCCN. The van der Waals surface area contributed by atoms with Crippen molar-refractivity contribution in [2.24, 2.45) is 11.7 Å². The van der Waals surface area contributed by atoms with Gasteiger partial charge >= 0.3 is 0 Å². The average molecular weight is 230 g/mol. The Morgan fingerprint density at radius 1 is 1.50 bits per heavy atom. The van der Waals surface area contributed by atoms with Gasteiger partial charge in [0, 0.05) is 33.4 Å². The van der Waals surface area contributed by atoms with Crippen LogP contribution >= 0.6 is 0 Å². The smallest absolute Gasteiger partial charge is 0.248 e. The zero-order valence-electron chi connectivity index (χ0n) is 9.98. The highest BCUT2D eigenvalue weighted by Gasteiger charge is 2.18. The maximum absolute atomic E-state index is 11.6. The summed E-state index contributed by atoms with van der Waals surface area (Å²) in [5.74, 6) is 0.595. The number of hydrogen-bond acceptors (Lipinski definition) is 4. The monoisotopic (exact) mass is 230 g/mol. The molecular weight excluding hydrogens is 208 g/mol. The van der Waals surface area contributed by atoms with Gasteiger partial charge in [-0.3, -0.25) is 4.79 Å². The van der Waals surface area contributed by atoms with Gasteiger partial charge < -0.3 is 20.1 Å². The lowest BCUT2D eigenvalue weighted by Gasteiger charge is -2.27. The fourth-order valence-corrected chi connectivity index (χ4v) is 1.77. The summed E-state index contributed by atoms with van der Waals surface area (Å²) in [5, 5.41) is 0. The molecule has 1 aliphatic rings. The number of carbonyl (C=O) groups is 1. The van der Waals surface area contributed by atoms with Crippen LogP contribution in [0.3, 0.4) is 0 Å². The van der Waals surface area contributed by atoms with Crippen molar-refractivity contribution in [3.63, 3.8) is 0 Å². The van der Waals surface area contributed by atoms with Gasteiger partial charge in [-0.1, -0.05) is 0 Å². The van der Waals surface area contributed by atoms with Gasteiger partial charge in [-0.15, -0.1) is 0 Å². The first-order valence-electron chi connectivity index (χ1n) is 5.83. The van der Waals surface area contributed by atoms with Crippen LogP contribution in [0.1, 0.15) is 12.8 Å². The molecule has 5 heteroatoms. The van der Waals surface area contributed by atoms with Crippen LogP contribution < -0.4 is 5.73 Å². The van der Waals surface area contributed by atoms with E-state index in [1.54, 1.807) is 4.90 Å². The van der Waals surface area contributed by atoms with Crippen LogP contribution in [-0.4, -0.2) is 57.4 Å². The predicted molar refractivity (Wildman–Crippen MR) is 61.1 cm³/mol. The molecule has 0 bridgehead atoms. The minimum absolute atomic E-state index is 0.0277. The molecule has 0 aromatic carbocycles. The van der Waals surface area contributed by atoms with Crippen molar-refractivity contribution in [3.05, 3.63) is 0 Å². The Morgan fingerprint density at radius 2 is 2.19 bits per heavy atom. The summed E-state index contributed by atoms with van der Waals surface area (Å²) in [5.41, 5.74) is 5.28. The van der Waals surface area contributed by atoms with E-state index in [0.29, 0.717) is 19.1 Å². The number of carbonyl (C=O) groups excluding carboxylic acids is 1. The quantitative estimate of drug-likeness (QED) is 0.644. The van der Waals surface area contributed by atoms with Gasteiger partial charge in [0.2, 0.25) is 5.91 Å². The third-order valence-corrected chi connectivity index (χ3v) is 2.79. The van der Waals surface area contributed by atoms with Gasteiger partial charge in [0.05, 0.1) is 6.61 Å². The number of ether oxygens (including phenoxy) is 2. The third-order valence-electron chi connectivity index (χ3n) is 2.79. The second kappa shape index (κ2) is 7.60. The topological polar surface area (TPSA) is 64.8 Å². The van der Waals surface area contributed by atoms with Crippen molar-refractivity contribution in [2.45, 2.75) is 12.8 Å². The van der Waals surface area contributed by atoms with Gasteiger partial charge in [0.25, 0.3) is 0 Å². The highest BCUT2D eigenvalue weighted by Crippen LogP contribution is 2.15. The minimum Gasteiger partial charge on any atom is -0.381 e. The van der Waals surface area contributed by atoms with Crippen LogP contribution in [-0.2, 0) is 14.3 Å². The molecule has 0 spiro atoms. The van der Waals surface area contributed by atoms with E-state index >= 15 is 0 Å². The van der Waals surface area contributed by atoms with E-state index in [4.69, 9.17) is 15.2 Å². The van der Waals surface area contributed by atoms with E-state index in [1.807, 2.05) is 7.05 Å². The van der Waals surface area contributed by atoms with Gasteiger partial charge in [0.15, 0.2) is 0 Å². The first kappa shape index (κ1) is 13.4. The van der Waals surface area contributed by atoms with E-state index in [1.165, 1.54) is 0 Å². The lowest BCUT2D eigenvalue weighted by molar-refractivity contribution is -0.135. The lowest BCUT2D eigenvalue weighted by Crippen LogP contribution is -2.36. The summed E-state index contributed by atoms with van der Waals surface area (Å²) in [7, 11) is 1.82. The van der Waals surface area contributed by atoms with E-state index in [2.05, 4.69) is 0 Å². The largest absolute Gasteiger partial charge is 0.381 e. The van der Waals surface area contributed by atoms with Crippen LogP contribution in [0.4, 0.5) is 0 Å². The highest BCUT2D eigenvalue weighted by atomic mass is 16.5. The fraction of sp³-hybridized carbons (Fsp3) is 0.909. The number of nitrogens with zero attached hydrogens (tertiary/aromatic N) is 1. The average Bonchev–Trinajstić information content (AvgIpc) is 2.30. The highest BCUT2D eigenvalue weighted by molar-refractivity contribution is 5.77. The normalized spacial score (nSPS) is 17.4. The second-order valence-corrected chi connectivity index (χ2v) is 4.17. The summed E-state index contributed by atoms with van der Waals surface area (Å²) >= 11 is 0. The molecule has 0 unspecified atom stereocenters. The van der Waals surface area contributed by atoms with Crippen molar-refractivity contribution >= 4 is 5.91 Å². The molecule has 1 fully saturated rings. The van der Waals surface area contributed by atoms with Crippen molar-refractivity contribution in [3.8, 4) is 0 Å². The molecular formula is C11H22N2O3. The number of hydrogen-bond donors (Lipinski definition) is 1. The van der Waals surface area contributed by atoms with Crippen molar-refractivity contribution in [2.75, 3.05) is 46.6 Å². The van der Waals surface area contributed by atoms with E-state index < -0.39 is 0 Å². The predicted octanol–water partition coefficient (Wildman–Crippen LogP) is -0.153. The van der Waals surface area contributed by atoms with Crippen LogP contribution in [0, 0.1) is 5.92 Å². The van der Waals surface area contributed by atoms with Crippen molar-refractivity contribution < 1.29 is 14.3 Å². The lowest BCUT2D eigenvalue weighted by atomic mass is 10.00. The first-order valence-corrected chi connectivity index (χ1v) is 5.83. The zero-order valence-corrected chi connectivity index (χ0v) is 9.98. The first-order chi connectivity index (χ1) is 7.74. The number of likely N-dealkylation sites (N-methyl/N-ethyl adjacent to an activating group) is 1. The molecule has 0 aromatic rings. The molecule has 5 nitrogen and oxygen atoms in total. The Balaban J connectivity index is 2.16. The van der Waals surface area contributed by atoms with Crippen LogP contribution in [0.25, 0.3) is 0 Å². The van der Waals surface area contributed by atoms with Crippen LogP contribution in [0.2, 0.25) is 0 Å². The Hall–Kier alpha value is -0.650. The van der Waals surface area contributed by atoms with Crippen LogP contribution in [0.5, 0.6) is 0 Å². The van der Waals surface area contributed by atoms with Gasteiger partial charge in [-0.2, -0.15) is 0 Å². The maximum atomic E-state index is 11.6. The summed E-state index contributed by atoms with van der Waals surface area (Å²) in [4.78, 5) is 13.4. The number of nitrogens with two attached hydrogens (primary N) is 1. The maximum Gasteiger partial charge on any atom is 0.248 e. The van der Waals surface area contributed by atoms with Gasteiger partial charge in [-0.25, -0.2) is 0 Å². The molecule has 16 heavy (non-hydrogen) atoms. The summed E-state index contributed by atoms with van der Waals surface area (Å²) in [6.07, 6.45) is 2.09.